The molecule has 0 aliphatic heterocycles. The lowest BCUT2D eigenvalue weighted by molar-refractivity contribution is -0.131. The second-order valence-electron chi connectivity index (χ2n) is 4.98. The smallest absolute Gasteiger partial charge is 0.308 e. The Bertz CT molecular complexity index is 907. The van der Waals surface area contributed by atoms with Crippen LogP contribution in [0.1, 0.15) is 44.5 Å². The normalized spacial score (nSPS) is 12.6. The number of benzene rings is 1. The molecule has 0 atom stereocenters. The number of hydrogen-bond donors (Lipinski definition) is 1. The number of pyridine rings is 1. The zero-order valence-electron chi connectivity index (χ0n) is 11.9. The summed E-state index contributed by atoms with van der Waals surface area (Å²) in [6.45, 7) is 2.76. The minimum Gasteiger partial charge on any atom is -0.426 e. The van der Waals surface area contributed by atoms with Crippen molar-refractivity contribution in [1.29, 1.82) is 0 Å². The van der Waals surface area contributed by atoms with Gasteiger partial charge in [-0.2, -0.15) is 0 Å². The summed E-state index contributed by atoms with van der Waals surface area (Å²) in [4.78, 5) is 50.5. The molecule has 0 unspecified atom stereocenters. The summed E-state index contributed by atoms with van der Waals surface area (Å²) in [5, 5.41) is 0. The maximum Gasteiger partial charge on any atom is 0.308 e. The summed E-state index contributed by atoms with van der Waals surface area (Å²) in [6.07, 6.45) is 0. The number of aromatic amines is 1. The van der Waals surface area contributed by atoms with E-state index in [9.17, 15) is 19.2 Å². The van der Waals surface area contributed by atoms with Gasteiger partial charge in [-0.1, -0.05) is 12.1 Å². The molecule has 0 saturated heterocycles. The highest BCUT2D eigenvalue weighted by Gasteiger charge is 2.34. The van der Waals surface area contributed by atoms with Crippen molar-refractivity contribution in [2.24, 2.45) is 0 Å². The largest absolute Gasteiger partial charge is 0.426 e. The zero-order valence-corrected chi connectivity index (χ0v) is 11.9. The highest BCUT2D eigenvalue weighted by molar-refractivity contribution is 6.29. The van der Waals surface area contributed by atoms with Gasteiger partial charge in [0.05, 0.1) is 11.1 Å². The Hall–Kier alpha value is -3.02. The number of esters is 1. The van der Waals surface area contributed by atoms with Crippen molar-refractivity contribution in [2.45, 2.75) is 13.8 Å². The summed E-state index contributed by atoms with van der Waals surface area (Å²) in [7, 11) is 0. The fourth-order valence-electron chi connectivity index (χ4n) is 2.62. The van der Waals surface area contributed by atoms with Crippen LogP contribution in [0.2, 0.25) is 0 Å². The van der Waals surface area contributed by atoms with Crippen LogP contribution in [0.15, 0.2) is 29.1 Å². The molecule has 1 heterocycles. The van der Waals surface area contributed by atoms with Gasteiger partial charge < -0.3 is 9.72 Å². The lowest BCUT2D eigenvalue weighted by Crippen LogP contribution is -2.26. The van der Waals surface area contributed by atoms with Crippen LogP contribution in [0.5, 0.6) is 5.75 Å². The van der Waals surface area contributed by atoms with E-state index in [1.54, 1.807) is 6.92 Å². The highest BCUT2D eigenvalue weighted by atomic mass is 16.5. The van der Waals surface area contributed by atoms with Gasteiger partial charge in [0.2, 0.25) is 5.56 Å². The minimum absolute atomic E-state index is 0.0413. The number of carbonyl (C=O) groups excluding carboxylic acids is 3. The van der Waals surface area contributed by atoms with E-state index in [1.165, 1.54) is 25.1 Å². The van der Waals surface area contributed by atoms with Gasteiger partial charge in [-0.3, -0.25) is 19.2 Å². The summed E-state index contributed by atoms with van der Waals surface area (Å²) in [6, 6.07) is 5.57. The van der Waals surface area contributed by atoms with Gasteiger partial charge in [0, 0.05) is 29.8 Å². The van der Waals surface area contributed by atoms with Gasteiger partial charge in [-0.15, -0.1) is 0 Å². The van der Waals surface area contributed by atoms with Gasteiger partial charge in [0.1, 0.15) is 5.75 Å². The molecule has 2 aromatic rings. The quantitative estimate of drug-likeness (QED) is 0.541. The van der Waals surface area contributed by atoms with E-state index < -0.39 is 23.1 Å². The summed E-state index contributed by atoms with van der Waals surface area (Å²) in [5.74, 6) is -1.43. The number of aryl methyl sites for hydroxylation is 1. The monoisotopic (exact) mass is 297 g/mol. The number of carbonyl (C=O) groups is 3. The minimum atomic E-state index is -0.586. The van der Waals surface area contributed by atoms with Crippen LogP contribution in [-0.4, -0.2) is 22.5 Å². The molecule has 1 aliphatic carbocycles. The molecule has 22 heavy (non-hydrogen) atoms. The predicted molar refractivity (Wildman–Crippen MR) is 76.4 cm³/mol. The maximum absolute atomic E-state index is 12.7. The first kappa shape index (κ1) is 13.9. The second-order valence-corrected chi connectivity index (χ2v) is 4.98. The number of ether oxygens (including phenoxy) is 1. The standard InChI is InChI=1S/C16H11NO5/c1-7-13-10(6-12(19)17-7)15(20)9-4-3-5-11(22-8(2)18)14(9)16(13)21/h3-6H,1-2H3,(H,17,19). The third-order valence-electron chi connectivity index (χ3n) is 3.45. The van der Waals surface area contributed by atoms with Crippen molar-refractivity contribution >= 4 is 17.5 Å². The Morgan fingerprint density at radius 2 is 1.77 bits per heavy atom. The molecule has 0 radical (unpaired) electrons. The van der Waals surface area contributed by atoms with E-state index in [1.807, 2.05) is 0 Å². The fraction of sp³-hybridized carbons (Fsp3) is 0.125. The van der Waals surface area contributed by atoms with E-state index in [4.69, 9.17) is 4.74 Å². The molecular formula is C16H11NO5. The molecule has 6 nitrogen and oxygen atoms in total. The van der Waals surface area contributed by atoms with Crippen molar-refractivity contribution in [1.82, 2.24) is 4.98 Å². The highest BCUT2D eigenvalue weighted by Crippen LogP contribution is 2.33. The van der Waals surface area contributed by atoms with Crippen LogP contribution in [0, 0.1) is 6.92 Å². The van der Waals surface area contributed by atoms with Crippen LogP contribution in [0.25, 0.3) is 0 Å². The molecule has 0 saturated carbocycles. The van der Waals surface area contributed by atoms with Crippen molar-refractivity contribution in [2.75, 3.05) is 0 Å². The second kappa shape index (κ2) is 4.77. The Morgan fingerprint density at radius 1 is 1.05 bits per heavy atom. The Balaban J connectivity index is 2.32. The molecule has 0 spiro atoms. The Morgan fingerprint density at radius 3 is 2.45 bits per heavy atom. The van der Waals surface area contributed by atoms with Gasteiger partial charge >= 0.3 is 5.97 Å². The third-order valence-corrected chi connectivity index (χ3v) is 3.45. The average Bonchev–Trinajstić information content (AvgIpc) is 2.43. The van der Waals surface area contributed by atoms with E-state index in [0.717, 1.165) is 6.07 Å². The number of hydrogen-bond acceptors (Lipinski definition) is 5. The number of nitrogens with one attached hydrogen (secondary N) is 1. The lowest BCUT2D eigenvalue weighted by Gasteiger charge is -2.20. The van der Waals surface area contributed by atoms with Crippen molar-refractivity contribution < 1.29 is 19.1 Å². The Kier molecular flexibility index (Phi) is 3.02. The first-order valence-corrected chi connectivity index (χ1v) is 6.55. The molecule has 1 N–H and O–H groups in total. The van der Waals surface area contributed by atoms with Crippen LogP contribution in [-0.2, 0) is 4.79 Å². The molecule has 0 bridgehead atoms. The van der Waals surface area contributed by atoms with E-state index in [0.29, 0.717) is 5.69 Å². The number of fused-ring (bicyclic) bond motifs is 2. The van der Waals surface area contributed by atoms with Gasteiger partial charge in [0.15, 0.2) is 11.6 Å². The van der Waals surface area contributed by atoms with Crippen LogP contribution >= 0.6 is 0 Å². The lowest BCUT2D eigenvalue weighted by atomic mass is 9.83. The van der Waals surface area contributed by atoms with Crippen molar-refractivity contribution in [3.8, 4) is 5.75 Å². The molecule has 1 aromatic heterocycles. The van der Waals surface area contributed by atoms with E-state index in [2.05, 4.69) is 4.98 Å². The summed E-state index contributed by atoms with van der Waals surface area (Å²) >= 11 is 0. The first-order chi connectivity index (χ1) is 10.4. The predicted octanol–water partition coefficient (Wildman–Crippen LogP) is 1.38. The Labute approximate surface area is 124 Å². The summed E-state index contributed by atoms with van der Waals surface area (Å²) < 4.78 is 5.03. The molecule has 0 amide bonds. The third kappa shape index (κ3) is 1.96. The molecule has 6 heteroatoms. The summed E-state index contributed by atoms with van der Waals surface area (Å²) in [5.41, 5.74) is 0.239. The molecular weight excluding hydrogens is 286 g/mol. The number of aromatic nitrogens is 1. The van der Waals surface area contributed by atoms with Gasteiger partial charge in [-0.05, 0) is 13.0 Å². The van der Waals surface area contributed by atoms with Crippen molar-refractivity contribution in [3.05, 3.63) is 62.6 Å². The van der Waals surface area contributed by atoms with Crippen LogP contribution in [0.3, 0.4) is 0 Å². The molecule has 3 rings (SSSR count). The van der Waals surface area contributed by atoms with Crippen LogP contribution < -0.4 is 10.3 Å². The first-order valence-electron chi connectivity index (χ1n) is 6.55. The van der Waals surface area contributed by atoms with Crippen molar-refractivity contribution in [3.63, 3.8) is 0 Å². The van der Waals surface area contributed by atoms with E-state index >= 15 is 0 Å². The topological polar surface area (TPSA) is 93.3 Å². The number of ketones is 2. The average molecular weight is 297 g/mol. The van der Waals surface area contributed by atoms with Gasteiger partial charge in [-0.25, -0.2) is 0 Å². The van der Waals surface area contributed by atoms with Gasteiger partial charge in [0.25, 0.3) is 0 Å². The zero-order chi connectivity index (χ0) is 16.0. The van der Waals surface area contributed by atoms with Crippen LogP contribution in [0.4, 0.5) is 0 Å². The number of H-pyrrole nitrogens is 1. The number of rotatable bonds is 1. The molecule has 1 aliphatic rings. The fourth-order valence-corrected chi connectivity index (χ4v) is 2.62. The maximum atomic E-state index is 12.7. The molecule has 0 fully saturated rings. The SMILES string of the molecule is CC(=O)Oc1cccc2c1C(=O)c1c(cc(=O)[nH]c1C)C2=O. The van der Waals surface area contributed by atoms with E-state index in [-0.39, 0.29) is 28.0 Å². The molecule has 110 valence electrons. The molecule has 1 aromatic carbocycles.